The Kier molecular flexibility index (Phi) is 3.82. The summed E-state index contributed by atoms with van der Waals surface area (Å²) >= 11 is 3.32. The highest BCUT2D eigenvalue weighted by Gasteiger charge is 2.14. The Hall–Kier alpha value is -1.93. The number of nitriles is 1. The van der Waals surface area contributed by atoms with Gasteiger partial charge in [-0.05, 0) is 36.2 Å². The number of aromatic amines is 1. The molecule has 19 heavy (non-hydrogen) atoms. The number of aromatic nitrogens is 1. The smallest absolute Gasteiger partial charge is 0.266 e. The van der Waals surface area contributed by atoms with E-state index in [0.717, 1.165) is 5.56 Å². The molecule has 0 atom stereocenters. The van der Waals surface area contributed by atoms with Crippen LogP contribution in [0.5, 0.6) is 0 Å². The van der Waals surface area contributed by atoms with Gasteiger partial charge in [-0.15, -0.1) is 0 Å². The van der Waals surface area contributed by atoms with Gasteiger partial charge in [0.2, 0.25) is 0 Å². The van der Waals surface area contributed by atoms with Crippen LogP contribution in [-0.2, 0) is 5.33 Å². The van der Waals surface area contributed by atoms with Gasteiger partial charge in [0.1, 0.15) is 17.4 Å². The van der Waals surface area contributed by atoms with Crippen LogP contribution in [0.4, 0.5) is 4.39 Å². The summed E-state index contributed by atoms with van der Waals surface area (Å²) in [6, 6.07) is 7.89. The van der Waals surface area contributed by atoms with Crippen molar-refractivity contribution < 1.29 is 4.39 Å². The van der Waals surface area contributed by atoms with Crippen molar-refractivity contribution in [1.82, 2.24) is 4.98 Å². The average molecular weight is 321 g/mol. The fourth-order valence-electron chi connectivity index (χ4n) is 1.93. The molecule has 1 heterocycles. The topological polar surface area (TPSA) is 56.6 Å². The van der Waals surface area contributed by atoms with Gasteiger partial charge < -0.3 is 4.98 Å². The van der Waals surface area contributed by atoms with Crippen molar-refractivity contribution in [3.63, 3.8) is 0 Å². The monoisotopic (exact) mass is 320 g/mol. The van der Waals surface area contributed by atoms with E-state index in [2.05, 4.69) is 20.9 Å². The standard InChI is InChI=1S/C14H10BrFN2O/c1-8-4-12(13(7-17)14(19)18-8)11-5-10(16)3-2-9(11)6-15/h2-5H,6H2,1H3,(H,18,19). The predicted molar refractivity (Wildman–Crippen MR) is 74.5 cm³/mol. The third-order valence-corrected chi connectivity index (χ3v) is 3.39. The normalized spacial score (nSPS) is 10.2. The molecule has 0 saturated heterocycles. The number of hydrogen-bond donors (Lipinski definition) is 1. The van der Waals surface area contributed by atoms with E-state index in [9.17, 15) is 9.18 Å². The molecular formula is C14H10BrFN2O. The molecule has 1 aromatic carbocycles. The van der Waals surface area contributed by atoms with E-state index < -0.39 is 11.4 Å². The van der Waals surface area contributed by atoms with Gasteiger partial charge in [-0.1, -0.05) is 22.0 Å². The average Bonchev–Trinajstić information content (AvgIpc) is 2.37. The lowest BCUT2D eigenvalue weighted by Gasteiger charge is -2.10. The van der Waals surface area contributed by atoms with Crippen LogP contribution in [0.15, 0.2) is 29.1 Å². The second-order valence-electron chi connectivity index (χ2n) is 4.12. The maximum Gasteiger partial charge on any atom is 0.266 e. The van der Waals surface area contributed by atoms with Crippen LogP contribution in [0.3, 0.4) is 0 Å². The van der Waals surface area contributed by atoms with Crippen molar-refractivity contribution in [3.8, 4) is 17.2 Å². The summed E-state index contributed by atoms with van der Waals surface area (Å²) in [6.07, 6.45) is 0. The molecular weight excluding hydrogens is 311 g/mol. The molecule has 0 unspecified atom stereocenters. The zero-order valence-corrected chi connectivity index (χ0v) is 11.7. The third kappa shape index (κ3) is 2.59. The minimum Gasteiger partial charge on any atom is -0.325 e. The highest BCUT2D eigenvalue weighted by molar-refractivity contribution is 9.08. The maximum absolute atomic E-state index is 13.4. The van der Waals surface area contributed by atoms with Gasteiger partial charge in [-0.2, -0.15) is 5.26 Å². The van der Waals surface area contributed by atoms with E-state index in [0.29, 0.717) is 22.2 Å². The molecule has 0 amide bonds. The molecule has 1 N–H and O–H groups in total. The summed E-state index contributed by atoms with van der Waals surface area (Å²) in [5.74, 6) is -0.401. The first-order valence-corrected chi connectivity index (χ1v) is 6.67. The first-order chi connectivity index (χ1) is 9.06. The Morgan fingerprint density at radius 3 is 2.74 bits per heavy atom. The molecule has 0 aliphatic carbocycles. The number of pyridine rings is 1. The summed E-state index contributed by atoms with van der Waals surface area (Å²) in [6.45, 7) is 1.72. The van der Waals surface area contributed by atoms with Crippen LogP contribution in [0, 0.1) is 24.1 Å². The van der Waals surface area contributed by atoms with Crippen molar-refractivity contribution in [2.24, 2.45) is 0 Å². The Morgan fingerprint density at radius 2 is 2.11 bits per heavy atom. The van der Waals surface area contributed by atoms with E-state index in [1.54, 1.807) is 19.1 Å². The Bertz CT molecular complexity index is 731. The van der Waals surface area contributed by atoms with Crippen molar-refractivity contribution in [1.29, 1.82) is 5.26 Å². The van der Waals surface area contributed by atoms with Gasteiger partial charge in [0, 0.05) is 16.6 Å². The number of H-pyrrole nitrogens is 1. The maximum atomic E-state index is 13.4. The summed E-state index contributed by atoms with van der Waals surface area (Å²) < 4.78 is 13.4. The highest BCUT2D eigenvalue weighted by Crippen LogP contribution is 2.28. The van der Waals surface area contributed by atoms with Gasteiger partial charge >= 0.3 is 0 Å². The first-order valence-electron chi connectivity index (χ1n) is 5.55. The second-order valence-corrected chi connectivity index (χ2v) is 4.68. The van der Waals surface area contributed by atoms with Crippen molar-refractivity contribution in [3.05, 3.63) is 57.3 Å². The summed E-state index contributed by atoms with van der Waals surface area (Å²) in [4.78, 5) is 14.3. The van der Waals surface area contributed by atoms with E-state index in [-0.39, 0.29) is 5.56 Å². The molecule has 0 aliphatic rings. The fourth-order valence-corrected chi connectivity index (χ4v) is 2.42. The number of aryl methyl sites for hydroxylation is 1. The molecule has 0 saturated carbocycles. The van der Waals surface area contributed by atoms with E-state index in [4.69, 9.17) is 5.26 Å². The van der Waals surface area contributed by atoms with E-state index >= 15 is 0 Å². The lowest BCUT2D eigenvalue weighted by Crippen LogP contribution is -2.13. The largest absolute Gasteiger partial charge is 0.325 e. The van der Waals surface area contributed by atoms with Crippen molar-refractivity contribution in [2.45, 2.75) is 12.3 Å². The number of nitrogens with zero attached hydrogens (tertiary/aromatic N) is 1. The highest BCUT2D eigenvalue weighted by atomic mass is 79.9. The molecule has 0 fully saturated rings. The number of alkyl halides is 1. The predicted octanol–water partition coefficient (Wildman–Crippen LogP) is 3.26. The molecule has 0 bridgehead atoms. The zero-order valence-electron chi connectivity index (χ0n) is 10.1. The minimum absolute atomic E-state index is 0.00148. The molecule has 1 aromatic heterocycles. The molecule has 0 radical (unpaired) electrons. The summed E-state index contributed by atoms with van der Waals surface area (Å²) in [5.41, 5.74) is 2.01. The van der Waals surface area contributed by atoms with Crippen molar-refractivity contribution >= 4 is 15.9 Å². The SMILES string of the molecule is Cc1cc(-c2cc(F)ccc2CBr)c(C#N)c(=O)[nH]1. The molecule has 0 spiro atoms. The van der Waals surface area contributed by atoms with Gasteiger partial charge in [0.15, 0.2) is 0 Å². The van der Waals surface area contributed by atoms with Gasteiger partial charge in [-0.3, -0.25) is 4.79 Å². The molecule has 96 valence electrons. The Labute approximate surface area is 117 Å². The lowest BCUT2D eigenvalue weighted by atomic mass is 9.97. The number of benzene rings is 1. The van der Waals surface area contributed by atoms with Crippen molar-refractivity contribution in [2.75, 3.05) is 0 Å². The zero-order chi connectivity index (χ0) is 14.0. The summed E-state index contributed by atoms with van der Waals surface area (Å²) in [7, 11) is 0. The van der Waals surface area contributed by atoms with Gasteiger partial charge in [0.25, 0.3) is 5.56 Å². The van der Waals surface area contributed by atoms with Crippen LogP contribution < -0.4 is 5.56 Å². The van der Waals surface area contributed by atoms with Crippen LogP contribution in [0.2, 0.25) is 0 Å². The Morgan fingerprint density at radius 1 is 1.37 bits per heavy atom. The van der Waals surface area contributed by atoms with Gasteiger partial charge in [-0.25, -0.2) is 4.39 Å². The fraction of sp³-hybridized carbons (Fsp3) is 0.143. The van der Waals surface area contributed by atoms with E-state index in [1.807, 2.05) is 6.07 Å². The first kappa shape index (κ1) is 13.5. The minimum atomic E-state index is -0.456. The van der Waals surface area contributed by atoms with Crippen LogP contribution >= 0.6 is 15.9 Å². The molecule has 2 aromatic rings. The number of nitrogens with one attached hydrogen (secondary N) is 1. The Balaban J connectivity index is 2.82. The lowest BCUT2D eigenvalue weighted by molar-refractivity contribution is 0.628. The molecule has 0 aliphatic heterocycles. The van der Waals surface area contributed by atoms with Crippen LogP contribution in [0.25, 0.3) is 11.1 Å². The number of halogens is 2. The molecule has 3 nitrogen and oxygen atoms in total. The van der Waals surface area contributed by atoms with E-state index in [1.165, 1.54) is 12.1 Å². The quantitative estimate of drug-likeness (QED) is 0.863. The summed E-state index contributed by atoms with van der Waals surface area (Å²) in [5, 5.41) is 9.62. The van der Waals surface area contributed by atoms with Crippen LogP contribution in [-0.4, -0.2) is 4.98 Å². The third-order valence-electron chi connectivity index (χ3n) is 2.79. The second kappa shape index (κ2) is 5.37. The molecule has 5 heteroatoms. The van der Waals surface area contributed by atoms with Gasteiger partial charge in [0.05, 0.1) is 0 Å². The molecule has 2 rings (SSSR count). The number of hydrogen-bond acceptors (Lipinski definition) is 2. The number of rotatable bonds is 2. The van der Waals surface area contributed by atoms with Crippen LogP contribution in [0.1, 0.15) is 16.8 Å².